The summed E-state index contributed by atoms with van der Waals surface area (Å²) in [6, 6.07) is 20.0. The van der Waals surface area contributed by atoms with Gasteiger partial charge in [0.1, 0.15) is 11.9 Å². The summed E-state index contributed by atoms with van der Waals surface area (Å²) >= 11 is 0. The number of pyridine rings is 1. The van der Waals surface area contributed by atoms with Crippen LogP contribution in [0.25, 0.3) is 0 Å². The van der Waals surface area contributed by atoms with E-state index in [9.17, 15) is 4.79 Å². The molecule has 6 nitrogen and oxygen atoms in total. The summed E-state index contributed by atoms with van der Waals surface area (Å²) in [5, 5.41) is 2.90. The van der Waals surface area contributed by atoms with Crippen molar-refractivity contribution in [3.63, 3.8) is 0 Å². The van der Waals surface area contributed by atoms with Gasteiger partial charge in [-0.25, -0.2) is 4.98 Å². The molecular formula is C22H20N2O4. The molecule has 1 N–H and O–H groups in total. The summed E-state index contributed by atoms with van der Waals surface area (Å²) in [6.45, 7) is 1.23. The SMILES string of the molecule is O=C(Nc1ccccc1Oc1ccccc1)c1ccnc(OC2CCOC2)c1. The number of benzene rings is 2. The Kier molecular flexibility index (Phi) is 5.49. The third-order valence-corrected chi connectivity index (χ3v) is 4.28. The molecule has 1 aliphatic heterocycles. The molecule has 1 atom stereocenters. The molecule has 3 aromatic rings. The summed E-state index contributed by atoms with van der Waals surface area (Å²) in [6.07, 6.45) is 2.36. The second-order valence-electron chi connectivity index (χ2n) is 6.35. The minimum atomic E-state index is -0.265. The van der Waals surface area contributed by atoms with E-state index in [4.69, 9.17) is 14.2 Å². The first-order valence-corrected chi connectivity index (χ1v) is 9.12. The minimum Gasteiger partial charge on any atom is -0.472 e. The zero-order valence-electron chi connectivity index (χ0n) is 15.2. The lowest BCUT2D eigenvalue weighted by molar-refractivity contribution is 0.102. The highest BCUT2D eigenvalue weighted by molar-refractivity contribution is 6.05. The number of carbonyl (C=O) groups excluding carboxylic acids is 1. The summed E-state index contributed by atoms with van der Waals surface area (Å²) in [5.41, 5.74) is 1.04. The largest absolute Gasteiger partial charge is 0.472 e. The van der Waals surface area contributed by atoms with Gasteiger partial charge in [0.15, 0.2) is 5.75 Å². The van der Waals surface area contributed by atoms with Crippen LogP contribution in [0.3, 0.4) is 0 Å². The molecule has 4 rings (SSSR count). The Morgan fingerprint density at radius 2 is 1.89 bits per heavy atom. The van der Waals surface area contributed by atoms with E-state index in [-0.39, 0.29) is 12.0 Å². The van der Waals surface area contributed by atoms with Crippen LogP contribution < -0.4 is 14.8 Å². The van der Waals surface area contributed by atoms with Gasteiger partial charge >= 0.3 is 0 Å². The number of nitrogens with one attached hydrogen (secondary N) is 1. The Labute approximate surface area is 163 Å². The monoisotopic (exact) mass is 376 g/mol. The van der Waals surface area contributed by atoms with E-state index in [1.807, 2.05) is 48.5 Å². The Hall–Kier alpha value is -3.38. The Morgan fingerprint density at radius 1 is 1.07 bits per heavy atom. The summed E-state index contributed by atoms with van der Waals surface area (Å²) in [5.74, 6) is 1.41. The van der Waals surface area contributed by atoms with Gasteiger partial charge in [-0.05, 0) is 30.3 Å². The molecule has 0 spiro atoms. The van der Waals surface area contributed by atoms with Crippen molar-refractivity contribution in [3.05, 3.63) is 78.5 Å². The second-order valence-corrected chi connectivity index (χ2v) is 6.35. The van der Waals surface area contributed by atoms with E-state index in [0.29, 0.717) is 41.8 Å². The quantitative estimate of drug-likeness (QED) is 0.695. The van der Waals surface area contributed by atoms with Crippen molar-refractivity contribution in [1.29, 1.82) is 0 Å². The highest BCUT2D eigenvalue weighted by Crippen LogP contribution is 2.29. The lowest BCUT2D eigenvalue weighted by atomic mass is 10.2. The number of anilines is 1. The molecule has 1 aliphatic rings. The lowest BCUT2D eigenvalue weighted by Gasteiger charge is -2.13. The number of amides is 1. The van der Waals surface area contributed by atoms with E-state index in [1.165, 1.54) is 0 Å². The maximum absolute atomic E-state index is 12.7. The maximum atomic E-state index is 12.7. The van der Waals surface area contributed by atoms with E-state index >= 15 is 0 Å². The van der Waals surface area contributed by atoms with Crippen LogP contribution in [-0.2, 0) is 4.74 Å². The lowest BCUT2D eigenvalue weighted by Crippen LogP contribution is -2.17. The molecular weight excluding hydrogens is 356 g/mol. The van der Waals surface area contributed by atoms with Gasteiger partial charge < -0.3 is 19.5 Å². The van der Waals surface area contributed by atoms with Crippen LogP contribution >= 0.6 is 0 Å². The van der Waals surface area contributed by atoms with Crippen molar-refractivity contribution in [3.8, 4) is 17.4 Å². The average Bonchev–Trinajstić information content (AvgIpc) is 3.23. The zero-order chi connectivity index (χ0) is 19.2. The first-order valence-electron chi connectivity index (χ1n) is 9.12. The van der Waals surface area contributed by atoms with Gasteiger partial charge in [0.2, 0.25) is 5.88 Å². The Bertz CT molecular complexity index is 940. The maximum Gasteiger partial charge on any atom is 0.256 e. The van der Waals surface area contributed by atoms with Crippen molar-refractivity contribution in [1.82, 2.24) is 4.98 Å². The molecule has 2 aromatic carbocycles. The highest BCUT2D eigenvalue weighted by atomic mass is 16.5. The van der Waals surface area contributed by atoms with Crippen molar-refractivity contribution in [2.24, 2.45) is 0 Å². The number of para-hydroxylation sites is 3. The smallest absolute Gasteiger partial charge is 0.256 e. The highest BCUT2D eigenvalue weighted by Gasteiger charge is 2.18. The van der Waals surface area contributed by atoms with E-state index < -0.39 is 0 Å². The fourth-order valence-electron chi connectivity index (χ4n) is 2.86. The van der Waals surface area contributed by atoms with Crippen LogP contribution in [0.4, 0.5) is 5.69 Å². The Morgan fingerprint density at radius 3 is 2.71 bits per heavy atom. The van der Waals surface area contributed by atoms with Crippen molar-refractivity contribution >= 4 is 11.6 Å². The third-order valence-electron chi connectivity index (χ3n) is 4.28. The van der Waals surface area contributed by atoms with Crippen LogP contribution in [0.5, 0.6) is 17.4 Å². The number of nitrogens with zero attached hydrogens (tertiary/aromatic N) is 1. The standard InChI is InChI=1S/C22H20N2O4/c25-22(16-10-12-23-21(14-16)28-18-11-13-26-15-18)24-19-8-4-5-9-20(19)27-17-6-2-1-3-7-17/h1-10,12,14,18H,11,13,15H2,(H,24,25). The fourth-order valence-corrected chi connectivity index (χ4v) is 2.86. The van der Waals surface area contributed by atoms with Crippen LogP contribution in [-0.4, -0.2) is 30.2 Å². The summed E-state index contributed by atoms with van der Waals surface area (Å²) in [7, 11) is 0. The van der Waals surface area contributed by atoms with Gasteiger partial charge in [-0.1, -0.05) is 30.3 Å². The van der Waals surface area contributed by atoms with Crippen LogP contribution in [0.15, 0.2) is 72.9 Å². The van der Waals surface area contributed by atoms with Gasteiger partial charge in [0.25, 0.3) is 5.91 Å². The van der Waals surface area contributed by atoms with Crippen LogP contribution in [0, 0.1) is 0 Å². The molecule has 1 amide bonds. The molecule has 2 heterocycles. The van der Waals surface area contributed by atoms with Gasteiger partial charge in [0.05, 0.1) is 18.9 Å². The van der Waals surface area contributed by atoms with Gasteiger partial charge in [0, 0.05) is 24.2 Å². The van der Waals surface area contributed by atoms with Crippen molar-refractivity contribution in [2.45, 2.75) is 12.5 Å². The molecule has 28 heavy (non-hydrogen) atoms. The summed E-state index contributed by atoms with van der Waals surface area (Å²) < 4.78 is 17.0. The molecule has 0 aliphatic carbocycles. The van der Waals surface area contributed by atoms with Crippen molar-refractivity contribution < 1.29 is 19.0 Å². The molecule has 142 valence electrons. The van der Waals surface area contributed by atoms with Crippen LogP contribution in [0.2, 0.25) is 0 Å². The normalized spacial score (nSPS) is 15.8. The number of rotatable bonds is 6. The molecule has 0 saturated carbocycles. The molecule has 6 heteroatoms. The predicted octanol–water partition coefficient (Wildman–Crippen LogP) is 4.29. The molecule has 1 aromatic heterocycles. The molecule has 1 saturated heterocycles. The first-order chi connectivity index (χ1) is 13.8. The van der Waals surface area contributed by atoms with Gasteiger partial charge in [-0.2, -0.15) is 0 Å². The molecule has 1 unspecified atom stereocenters. The fraction of sp³-hybridized carbons (Fsp3) is 0.182. The first kappa shape index (κ1) is 18.0. The molecule has 1 fully saturated rings. The van der Waals surface area contributed by atoms with E-state index in [2.05, 4.69) is 10.3 Å². The number of hydrogen-bond acceptors (Lipinski definition) is 5. The van der Waals surface area contributed by atoms with E-state index in [0.717, 1.165) is 6.42 Å². The van der Waals surface area contributed by atoms with Crippen LogP contribution in [0.1, 0.15) is 16.8 Å². The average molecular weight is 376 g/mol. The minimum absolute atomic E-state index is 0.0224. The Balaban J connectivity index is 1.48. The number of carbonyl (C=O) groups is 1. The predicted molar refractivity (Wildman–Crippen MR) is 105 cm³/mol. The van der Waals surface area contributed by atoms with Gasteiger partial charge in [-0.3, -0.25) is 4.79 Å². The van der Waals surface area contributed by atoms with E-state index in [1.54, 1.807) is 24.4 Å². The second kappa shape index (κ2) is 8.54. The van der Waals surface area contributed by atoms with Crippen molar-refractivity contribution in [2.75, 3.05) is 18.5 Å². The molecule has 0 radical (unpaired) electrons. The van der Waals surface area contributed by atoms with Gasteiger partial charge in [-0.15, -0.1) is 0 Å². The topological polar surface area (TPSA) is 69.7 Å². The summed E-state index contributed by atoms with van der Waals surface area (Å²) in [4.78, 5) is 16.9. The third kappa shape index (κ3) is 4.47. The zero-order valence-corrected chi connectivity index (χ0v) is 15.2. The number of hydrogen-bond donors (Lipinski definition) is 1. The number of ether oxygens (including phenoxy) is 3. The molecule has 0 bridgehead atoms. The number of aromatic nitrogens is 1.